The molecule has 31 heavy (non-hydrogen) atoms. The average molecular weight is 420 g/mol. The largest absolute Gasteiger partial charge is 0.349 e. The predicted molar refractivity (Wildman–Crippen MR) is 115 cm³/mol. The number of aromatic nitrogens is 2. The second-order valence-electron chi connectivity index (χ2n) is 7.87. The molecule has 1 N–H and O–H groups in total. The Kier molecular flexibility index (Phi) is 6.11. The van der Waals surface area contributed by atoms with E-state index in [-0.39, 0.29) is 29.6 Å². The van der Waals surface area contributed by atoms with Crippen LogP contribution >= 0.6 is 0 Å². The molecule has 0 saturated carbocycles. The summed E-state index contributed by atoms with van der Waals surface area (Å²) in [4.78, 5) is 31.1. The van der Waals surface area contributed by atoms with E-state index in [2.05, 4.69) is 10.3 Å². The molecule has 160 valence electrons. The Morgan fingerprint density at radius 3 is 2.35 bits per heavy atom. The van der Waals surface area contributed by atoms with E-state index in [9.17, 15) is 14.0 Å². The predicted octanol–water partition coefficient (Wildman–Crippen LogP) is 3.74. The Labute approximate surface area is 180 Å². The summed E-state index contributed by atoms with van der Waals surface area (Å²) >= 11 is 0. The van der Waals surface area contributed by atoms with Crippen molar-refractivity contribution in [3.63, 3.8) is 0 Å². The zero-order valence-corrected chi connectivity index (χ0v) is 17.4. The number of nitrogens with one attached hydrogen (secondary N) is 1. The molecule has 1 aliphatic heterocycles. The van der Waals surface area contributed by atoms with E-state index >= 15 is 0 Å². The molecule has 1 aromatic heterocycles. The van der Waals surface area contributed by atoms with Crippen LogP contribution in [0.1, 0.15) is 41.7 Å². The van der Waals surface area contributed by atoms with Gasteiger partial charge in [-0.1, -0.05) is 12.1 Å². The van der Waals surface area contributed by atoms with Crippen LogP contribution in [-0.2, 0) is 4.79 Å². The quantitative estimate of drug-likeness (QED) is 0.684. The van der Waals surface area contributed by atoms with Crippen molar-refractivity contribution in [3.8, 4) is 5.69 Å². The zero-order valence-electron chi connectivity index (χ0n) is 17.4. The molecule has 2 aromatic carbocycles. The standard InChI is InChI=1S/C24H25FN4O2/c1-17(18-4-8-22(9-5-18)29-15-12-26-16-29)27-23(30)19-10-13-28(14-11-19)24(31)20-2-6-21(25)7-3-20/h2-9,12,15-17,19H,10-11,13-14H2,1H3,(H,27,30)/t17-/m1/s1. The lowest BCUT2D eigenvalue weighted by molar-refractivity contribution is -0.127. The normalized spacial score (nSPS) is 15.5. The van der Waals surface area contributed by atoms with Crippen LogP contribution in [0.15, 0.2) is 67.3 Å². The van der Waals surface area contributed by atoms with Crippen molar-refractivity contribution < 1.29 is 14.0 Å². The molecule has 1 fully saturated rings. The van der Waals surface area contributed by atoms with Gasteiger partial charge in [-0.3, -0.25) is 9.59 Å². The fourth-order valence-electron chi connectivity index (χ4n) is 3.88. The summed E-state index contributed by atoms with van der Waals surface area (Å²) in [5, 5.41) is 3.10. The SMILES string of the molecule is C[C@@H](NC(=O)C1CCN(C(=O)c2ccc(F)cc2)CC1)c1ccc(-n2ccnc2)cc1. The lowest BCUT2D eigenvalue weighted by Crippen LogP contribution is -2.43. The minimum Gasteiger partial charge on any atom is -0.349 e. The molecule has 1 saturated heterocycles. The first kappa shape index (κ1) is 20.8. The molecule has 1 aliphatic rings. The van der Waals surface area contributed by atoms with Gasteiger partial charge in [-0.2, -0.15) is 0 Å². The van der Waals surface area contributed by atoms with Crippen LogP contribution in [0.5, 0.6) is 0 Å². The van der Waals surface area contributed by atoms with Crippen molar-refractivity contribution in [1.29, 1.82) is 0 Å². The minimum atomic E-state index is -0.364. The van der Waals surface area contributed by atoms with Gasteiger partial charge in [-0.05, 0) is 61.7 Å². The maximum atomic E-state index is 13.1. The molecule has 0 bridgehead atoms. The third-order valence-electron chi connectivity index (χ3n) is 5.80. The van der Waals surface area contributed by atoms with E-state index in [0.29, 0.717) is 31.5 Å². The first-order chi connectivity index (χ1) is 15.0. The Hall–Kier alpha value is -3.48. The highest BCUT2D eigenvalue weighted by molar-refractivity contribution is 5.94. The average Bonchev–Trinajstić information content (AvgIpc) is 3.34. The molecule has 3 aromatic rings. The number of carbonyl (C=O) groups is 2. The van der Waals surface area contributed by atoms with Gasteiger partial charge in [-0.25, -0.2) is 9.37 Å². The number of halogens is 1. The molecular formula is C24H25FN4O2. The third-order valence-corrected chi connectivity index (χ3v) is 5.80. The van der Waals surface area contributed by atoms with Gasteiger partial charge in [0.1, 0.15) is 5.82 Å². The Morgan fingerprint density at radius 1 is 1.06 bits per heavy atom. The van der Waals surface area contributed by atoms with E-state index in [4.69, 9.17) is 0 Å². The van der Waals surface area contributed by atoms with Crippen LogP contribution in [-0.4, -0.2) is 39.4 Å². The fraction of sp³-hybridized carbons (Fsp3) is 0.292. The minimum absolute atomic E-state index is 0.0140. The van der Waals surface area contributed by atoms with Crippen molar-refractivity contribution in [3.05, 3.63) is 84.2 Å². The number of nitrogens with zero attached hydrogens (tertiary/aromatic N) is 3. The van der Waals surface area contributed by atoms with Crippen LogP contribution in [0.4, 0.5) is 4.39 Å². The number of hydrogen-bond donors (Lipinski definition) is 1. The highest BCUT2D eigenvalue weighted by atomic mass is 19.1. The van der Waals surface area contributed by atoms with Gasteiger partial charge in [0.05, 0.1) is 12.4 Å². The molecule has 0 unspecified atom stereocenters. The van der Waals surface area contributed by atoms with Crippen LogP contribution < -0.4 is 5.32 Å². The van der Waals surface area contributed by atoms with E-state index in [1.165, 1.54) is 24.3 Å². The molecule has 0 aliphatic carbocycles. The van der Waals surface area contributed by atoms with E-state index in [1.54, 1.807) is 17.4 Å². The van der Waals surface area contributed by atoms with Crippen molar-refractivity contribution in [2.45, 2.75) is 25.8 Å². The summed E-state index contributed by atoms with van der Waals surface area (Å²) in [5.74, 6) is -0.590. The van der Waals surface area contributed by atoms with E-state index < -0.39 is 0 Å². The molecular weight excluding hydrogens is 395 g/mol. The molecule has 0 radical (unpaired) electrons. The summed E-state index contributed by atoms with van der Waals surface area (Å²) in [7, 11) is 0. The van der Waals surface area contributed by atoms with E-state index in [1.807, 2.05) is 42.0 Å². The Morgan fingerprint density at radius 2 is 1.74 bits per heavy atom. The Balaban J connectivity index is 1.29. The van der Waals surface area contributed by atoms with Crippen LogP contribution in [0.25, 0.3) is 5.69 Å². The highest BCUT2D eigenvalue weighted by Crippen LogP contribution is 2.22. The summed E-state index contributed by atoms with van der Waals surface area (Å²) in [6, 6.07) is 13.5. The first-order valence-corrected chi connectivity index (χ1v) is 10.4. The number of rotatable bonds is 5. The molecule has 1 atom stereocenters. The van der Waals surface area contributed by atoms with Crippen LogP contribution in [0, 0.1) is 11.7 Å². The smallest absolute Gasteiger partial charge is 0.253 e. The third kappa shape index (κ3) is 4.82. The molecule has 4 rings (SSSR count). The van der Waals surface area contributed by atoms with Gasteiger partial charge in [0.2, 0.25) is 5.91 Å². The number of carbonyl (C=O) groups excluding carboxylic acids is 2. The number of amides is 2. The number of imidazole rings is 1. The van der Waals surface area contributed by atoms with E-state index in [0.717, 1.165) is 11.3 Å². The van der Waals surface area contributed by atoms with Gasteiger partial charge in [0, 0.05) is 42.7 Å². The summed E-state index contributed by atoms with van der Waals surface area (Å²) in [6.07, 6.45) is 6.59. The lowest BCUT2D eigenvalue weighted by Gasteiger charge is -2.32. The first-order valence-electron chi connectivity index (χ1n) is 10.4. The van der Waals surface area contributed by atoms with Gasteiger partial charge in [0.25, 0.3) is 5.91 Å². The fourth-order valence-corrected chi connectivity index (χ4v) is 3.88. The van der Waals surface area contributed by atoms with Crippen molar-refractivity contribution in [2.75, 3.05) is 13.1 Å². The van der Waals surface area contributed by atoms with Gasteiger partial charge in [-0.15, -0.1) is 0 Å². The number of piperidine rings is 1. The maximum Gasteiger partial charge on any atom is 0.253 e. The molecule has 0 spiro atoms. The topological polar surface area (TPSA) is 67.2 Å². The van der Waals surface area contributed by atoms with Crippen molar-refractivity contribution in [1.82, 2.24) is 19.8 Å². The molecule has 6 nitrogen and oxygen atoms in total. The van der Waals surface area contributed by atoms with Crippen molar-refractivity contribution >= 4 is 11.8 Å². The van der Waals surface area contributed by atoms with Gasteiger partial charge >= 0.3 is 0 Å². The molecule has 7 heteroatoms. The van der Waals surface area contributed by atoms with Crippen LogP contribution in [0.2, 0.25) is 0 Å². The lowest BCUT2D eigenvalue weighted by atomic mass is 9.94. The number of likely N-dealkylation sites (tertiary alicyclic amines) is 1. The number of hydrogen-bond acceptors (Lipinski definition) is 3. The monoisotopic (exact) mass is 420 g/mol. The zero-order chi connectivity index (χ0) is 21.8. The Bertz CT molecular complexity index is 1020. The number of benzene rings is 2. The van der Waals surface area contributed by atoms with Crippen molar-refractivity contribution in [2.24, 2.45) is 5.92 Å². The summed E-state index contributed by atoms with van der Waals surface area (Å²) in [6.45, 7) is 3.00. The summed E-state index contributed by atoms with van der Waals surface area (Å²) < 4.78 is 15.0. The van der Waals surface area contributed by atoms with Gasteiger partial charge < -0.3 is 14.8 Å². The second-order valence-corrected chi connectivity index (χ2v) is 7.87. The highest BCUT2D eigenvalue weighted by Gasteiger charge is 2.28. The maximum absolute atomic E-state index is 13.1. The van der Waals surface area contributed by atoms with Crippen LogP contribution in [0.3, 0.4) is 0 Å². The summed E-state index contributed by atoms with van der Waals surface area (Å²) in [5.41, 5.74) is 2.51. The molecule has 2 amide bonds. The second kappa shape index (κ2) is 9.12. The molecule has 2 heterocycles. The van der Waals surface area contributed by atoms with Gasteiger partial charge in [0.15, 0.2) is 0 Å².